The Morgan fingerprint density at radius 3 is 2.44 bits per heavy atom. The molecule has 1 aromatic rings. The van der Waals surface area contributed by atoms with E-state index in [0.29, 0.717) is 0 Å². The SMILES string of the molecule is CCC(OC(C)COC(C)=O)c1ccc(O)cc1. The molecule has 2 unspecified atom stereocenters. The van der Waals surface area contributed by atoms with Crippen molar-refractivity contribution in [2.75, 3.05) is 6.61 Å². The van der Waals surface area contributed by atoms with Crippen LogP contribution >= 0.6 is 0 Å². The summed E-state index contributed by atoms with van der Waals surface area (Å²) in [6.45, 7) is 5.52. The first-order valence-electron chi connectivity index (χ1n) is 6.10. The Balaban J connectivity index is 2.56. The molecule has 4 heteroatoms. The summed E-state index contributed by atoms with van der Waals surface area (Å²) in [6.07, 6.45) is 0.596. The molecular formula is C14H20O4. The highest BCUT2D eigenvalue weighted by molar-refractivity contribution is 5.65. The number of esters is 1. The lowest BCUT2D eigenvalue weighted by molar-refractivity contribution is -0.146. The molecule has 0 aliphatic heterocycles. The molecule has 2 atom stereocenters. The van der Waals surface area contributed by atoms with Crippen molar-refractivity contribution in [2.45, 2.75) is 39.4 Å². The number of carbonyl (C=O) groups is 1. The van der Waals surface area contributed by atoms with Crippen molar-refractivity contribution in [3.05, 3.63) is 29.8 Å². The molecule has 1 aromatic carbocycles. The summed E-state index contributed by atoms with van der Waals surface area (Å²) in [5.74, 6) is -0.0651. The van der Waals surface area contributed by atoms with E-state index >= 15 is 0 Å². The number of hydrogen-bond donors (Lipinski definition) is 1. The molecule has 0 amide bonds. The van der Waals surface area contributed by atoms with Crippen LogP contribution < -0.4 is 0 Å². The van der Waals surface area contributed by atoms with Gasteiger partial charge in [-0.2, -0.15) is 0 Å². The van der Waals surface area contributed by atoms with Crippen molar-refractivity contribution in [1.29, 1.82) is 0 Å². The normalized spacial score (nSPS) is 13.9. The molecule has 0 saturated carbocycles. The van der Waals surface area contributed by atoms with E-state index in [-0.39, 0.29) is 30.5 Å². The Kier molecular flexibility index (Phi) is 5.65. The molecule has 0 radical (unpaired) electrons. The molecule has 0 aliphatic carbocycles. The van der Waals surface area contributed by atoms with Gasteiger partial charge in [0.2, 0.25) is 0 Å². The minimum absolute atomic E-state index is 0.0591. The molecule has 0 aromatic heterocycles. The van der Waals surface area contributed by atoms with Crippen LogP contribution in [0.4, 0.5) is 0 Å². The number of phenols is 1. The van der Waals surface area contributed by atoms with Crippen LogP contribution in [-0.2, 0) is 14.3 Å². The van der Waals surface area contributed by atoms with Gasteiger partial charge in [-0.05, 0) is 31.0 Å². The molecule has 1 rings (SSSR count). The summed E-state index contributed by atoms with van der Waals surface area (Å²) in [7, 11) is 0. The monoisotopic (exact) mass is 252 g/mol. The fourth-order valence-electron chi connectivity index (χ4n) is 1.65. The first kappa shape index (κ1) is 14.5. The van der Waals surface area contributed by atoms with Gasteiger partial charge >= 0.3 is 5.97 Å². The second kappa shape index (κ2) is 7.01. The zero-order valence-corrected chi connectivity index (χ0v) is 11.1. The number of rotatable bonds is 6. The van der Waals surface area contributed by atoms with Crippen LogP contribution in [0.3, 0.4) is 0 Å². The molecular weight excluding hydrogens is 232 g/mol. The topological polar surface area (TPSA) is 55.8 Å². The highest BCUT2D eigenvalue weighted by Crippen LogP contribution is 2.24. The maximum absolute atomic E-state index is 10.7. The van der Waals surface area contributed by atoms with Gasteiger partial charge in [0.15, 0.2) is 0 Å². The first-order chi connectivity index (χ1) is 8.52. The number of ether oxygens (including phenoxy) is 2. The van der Waals surface area contributed by atoms with Crippen molar-refractivity contribution in [3.63, 3.8) is 0 Å². The fraction of sp³-hybridized carbons (Fsp3) is 0.500. The zero-order valence-electron chi connectivity index (χ0n) is 11.1. The molecule has 1 N–H and O–H groups in total. The van der Waals surface area contributed by atoms with Gasteiger partial charge in [-0.25, -0.2) is 0 Å². The quantitative estimate of drug-likeness (QED) is 0.791. The van der Waals surface area contributed by atoms with E-state index < -0.39 is 0 Å². The molecule has 0 fully saturated rings. The summed E-state index contributed by atoms with van der Waals surface area (Å²) in [5.41, 5.74) is 1.00. The van der Waals surface area contributed by atoms with E-state index in [0.717, 1.165) is 12.0 Å². The van der Waals surface area contributed by atoms with E-state index in [1.807, 2.05) is 26.0 Å². The van der Waals surface area contributed by atoms with Gasteiger partial charge in [-0.1, -0.05) is 19.1 Å². The van der Waals surface area contributed by atoms with Crippen LogP contribution in [0.5, 0.6) is 5.75 Å². The third kappa shape index (κ3) is 4.75. The zero-order chi connectivity index (χ0) is 13.5. The fourth-order valence-corrected chi connectivity index (χ4v) is 1.65. The number of benzene rings is 1. The van der Waals surface area contributed by atoms with Crippen molar-refractivity contribution >= 4 is 5.97 Å². The number of hydrogen-bond acceptors (Lipinski definition) is 4. The van der Waals surface area contributed by atoms with Crippen LogP contribution in [0.1, 0.15) is 38.9 Å². The van der Waals surface area contributed by atoms with Crippen LogP contribution in [0, 0.1) is 0 Å². The Labute approximate surface area is 108 Å². The number of phenolic OH excluding ortho intramolecular Hbond substituents is 1. The van der Waals surface area contributed by atoms with Crippen LogP contribution in [0.2, 0.25) is 0 Å². The Bertz CT molecular complexity index is 372. The first-order valence-corrected chi connectivity index (χ1v) is 6.10. The minimum Gasteiger partial charge on any atom is -0.508 e. The van der Waals surface area contributed by atoms with Gasteiger partial charge in [0.05, 0.1) is 12.2 Å². The smallest absolute Gasteiger partial charge is 0.302 e. The van der Waals surface area contributed by atoms with E-state index in [9.17, 15) is 9.90 Å². The number of aromatic hydroxyl groups is 1. The van der Waals surface area contributed by atoms with E-state index in [2.05, 4.69) is 0 Å². The summed E-state index contributed by atoms with van der Waals surface area (Å²) < 4.78 is 10.7. The maximum Gasteiger partial charge on any atom is 0.302 e. The molecule has 0 heterocycles. The average molecular weight is 252 g/mol. The van der Waals surface area contributed by atoms with Crippen LogP contribution in [-0.4, -0.2) is 23.8 Å². The molecule has 18 heavy (non-hydrogen) atoms. The van der Waals surface area contributed by atoms with Gasteiger partial charge in [0.25, 0.3) is 0 Å². The average Bonchev–Trinajstić information content (AvgIpc) is 2.34. The molecule has 0 spiro atoms. The van der Waals surface area contributed by atoms with E-state index in [1.54, 1.807) is 12.1 Å². The standard InChI is InChI=1S/C14H20O4/c1-4-14(12-5-7-13(16)8-6-12)18-10(2)9-17-11(3)15/h5-8,10,14,16H,4,9H2,1-3H3. The Morgan fingerprint density at radius 1 is 1.33 bits per heavy atom. The second-order valence-electron chi connectivity index (χ2n) is 4.24. The maximum atomic E-state index is 10.7. The lowest BCUT2D eigenvalue weighted by Crippen LogP contribution is -2.20. The van der Waals surface area contributed by atoms with Gasteiger partial charge in [0, 0.05) is 6.92 Å². The second-order valence-corrected chi connectivity index (χ2v) is 4.24. The largest absolute Gasteiger partial charge is 0.508 e. The van der Waals surface area contributed by atoms with Gasteiger partial charge in [-0.3, -0.25) is 4.79 Å². The summed E-state index contributed by atoms with van der Waals surface area (Å²) in [4.78, 5) is 10.7. The van der Waals surface area contributed by atoms with Crippen molar-refractivity contribution < 1.29 is 19.4 Å². The van der Waals surface area contributed by atoms with Crippen LogP contribution in [0.25, 0.3) is 0 Å². The minimum atomic E-state index is -0.303. The number of carbonyl (C=O) groups excluding carboxylic acids is 1. The molecule has 0 saturated heterocycles. The highest BCUT2D eigenvalue weighted by atomic mass is 16.6. The summed E-state index contributed by atoms with van der Waals surface area (Å²) in [5, 5.41) is 9.24. The summed E-state index contributed by atoms with van der Waals surface area (Å²) in [6, 6.07) is 6.94. The molecule has 0 bridgehead atoms. The molecule has 0 aliphatic rings. The lowest BCUT2D eigenvalue weighted by Gasteiger charge is -2.21. The van der Waals surface area contributed by atoms with E-state index in [1.165, 1.54) is 6.92 Å². The lowest BCUT2D eigenvalue weighted by atomic mass is 10.1. The van der Waals surface area contributed by atoms with E-state index in [4.69, 9.17) is 9.47 Å². The van der Waals surface area contributed by atoms with Gasteiger partial charge < -0.3 is 14.6 Å². The van der Waals surface area contributed by atoms with Crippen LogP contribution in [0.15, 0.2) is 24.3 Å². The Morgan fingerprint density at radius 2 is 1.94 bits per heavy atom. The predicted octanol–water partition coefficient (Wildman–Crippen LogP) is 2.81. The third-order valence-electron chi connectivity index (χ3n) is 2.55. The molecule has 100 valence electrons. The van der Waals surface area contributed by atoms with Gasteiger partial charge in [0.1, 0.15) is 12.4 Å². The van der Waals surface area contributed by atoms with Crippen molar-refractivity contribution in [1.82, 2.24) is 0 Å². The highest BCUT2D eigenvalue weighted by Gasteiger charge is 2.14. The Hall–Kier alpha value is -1.55. The van der Waals surface area contributed by atoms with Crippen molar-refractivity contribution in [2.24, 2.45) is 0 Å². The van der Waals surface area contributed by atoms with Gasteiger partial charge in [-0.15, -0.1) is 0 Å². The third-order valence-corrected chi connectivity index (χ3v) is 2.55. The van der Waals surface area contributed by atoms with Crippen molar-refractivity contribution in [3.8, 4) is 5.75 Å². The predicted molar refractivity (Wildman–Crippen MR) is 68.3 cm³/mol. The summed E-state index contributed by atoms with van der Waals surface area (Å²) >= 11 is 0. The molecule has 4 nitrogen and oxygen atoms in total.